The van der Waals surface area contributed by atoms with E-state index in [-0.39, 0.29) is 29.3 Å². The molecule has 2 aliphatic rings. The van der Waals surface area contributed by atoms with Crippen LogP contribution in [0.15, 0.2) is 24.3 Å². The molecule has 2 fully saturated rings. The second kappa shape index (κ2) is 7.06. The minimum Gasteiger partial charge on any atom is -0.360 e. The van der Waals surface area contributed by atoms with Gasteiger partial charge >= 0.3 is 0 Å². The number of halogens is 1. The number of piperazine rings is 1. The molecule has 0 unspecified atom stereocenters. The molecule has 0 spiro atoms. The Morgan fingerprint density at radius 3 is 2.50 bits per heavy atom. The van der Waals surface area contributed by atoms with Gasteiger partial charge in [-0.3, -0.25) is 4.79 Å². The first-order valence-electron chi connectivity index (χ1n) is 8.25. The molecule has 0 saturated carbocycles. The van der Waals surface area contributed by atoms with E-state index >= 15 is 0 Å². The van der Waals surface area contributed by atoms with Crippen LogP contribution in [0.1, 0.15) is 6.42 Å². The minimum atomic E-state index is -2.97. The molecule has 24 heavy (non-hydrogen) atoms. The van der Waals surface area contributed by atoms with E-state index in [2.05, 4.69) is 10.2 Å². The molecule has 2 saturated heterocycles. The molecule has 1 aromatic rings. The van der Waals surface area contributed by atoms with Gasteiger partial charge in [-0.25, -0.2) is 12.8 Å². The lowest BCUT2D eigenvalue weighted by Gasteiger charge is -2.33. The van der Waals surface area contributed by atoms with E-state index in [0.29, 0.717) is 13.0 Å². The molecule has 0 aromatic heterocycles. The fraction of sp³-hybridized carbons (Fsp3) is 0.562. The number of hydrogen-bond donors (Lipinski definition) is 2. The zero-order chi connectivity index (χ0) is 17.2. The van der Waals surface area contributed by atoms with Crippen molar-refractivity contribution < 1.29 is 22.5 Å². The molecule has 8 heteroatoms. The van der Waals surface area contributed by atoms with Crippen LogP contribution >= 0.6 is 0 Å². The summed E-state index contributed by atoms with van der Waals surface area (Å²) in [7, 11) is -2.97. The van der Waals surface area contributed by atoms with Crippen LogP contribution in [0.2, 0.25) is 0 Å². The summed E-state index contributed by atoms with van der Waals surface area (Å²) < 4.78 is 35.8. The van der Waals surface area contributed by atoms with Crippen molar-refractivity contribution >= 4 is 21.4 Å². The molecule has 2 N–H and O–H groups in total. The smallest absolute Gasteiger partial charge is 0.275 e. The third-order valence-electron chi connectivity index (χ3n) is 4.67. The lowest BCUT2D eigenvalue weighted by Crippen LogP contribution is -3.16. The molecule has 1 atom stereocenters. The van der Waals surface area contributed by atoms with Crippen LogP contribution in [0.5, 0.6) is 0 Å². The molecule has 2 aliphatic heterocycles. The van der Waals surface area contributed by atoms with Crippen LogP contribution in [-0.4, -0.2) is 64.6 Å². The van der Waals surface area contributed by atoms with Gasteiger partial charge in [-0.1, -0.05) is 0 Å². The Morgan fingerprint density at radius 1 is 1.25 bits per heavy atom. The Kier molecular flexibility index (Phi) is 5.05. The highest BCUT2D eigenvalue weighted by Gasteiger charge is 2.30. The van der Waals surface area contributed by atoms with Crippen molar-refractivity contribution in [2.24, 2.45) is 0 Å². The monoisotopic (exact) mass is 356 g/mol. The van der Waals surface area contributed by atoms with E-state index < -0.39 is 9.84 Å². The molecule has 0 bridgehead atoms. The van der Waals surface area contributed by atoms with Crippen molar-refractivity contribution in [1.82, 2.24) is 5.32 Å². The van der Waals surface area contributed by atoms with Gasteiger partial charge in [0.25, 0.3) is 5.91 Å². The van der Waals surface area contributed by atoms with Crippen LogP contribution in [0.3, 0.4) is 0 Å². The third-order valence-corrected chi connectivity index (χ3v) is 6.44. The quantitative estimate of drug-likeness (QED) is 0.714. The van der Waals surface area contributed by atoms with Gasteiger partial charge in [0.15, 0.2) is 16.4 Å². The van der Waals surface area contributed by atoms with Crippen LogP contribution in [0.4, 0.5) is 10.1 Å². The highest BCUT2D eigenvalue weighted by molar-refractivity contribution is 7.91. The van der Waals surface area contributed by atoms with E-state index in [1.165, 1.54) is 17.0 Å². The Morgan fingerprint density at radius 2 is 1.92 bits per heavy atom. The van der Waals surface area contributed by atoms with Gasteiger partial charge in [0.05, 0.1) is 37.7 Å². The number of carbonyl (C=O) groups excluding carboxylic acids is 1. The number of benzene rings is 1. The summed E-state index contributed by atoms with van der Waals surface area (Å²) in [6, 6.07) is 6.22. The van der Waals surface area contributed by atoms with E-state index in [4.69, 9.17) is 0 Å². The Bertz CT molecular complexity index is 685. The van der Waals surface area contributed by atoms with Gasteiger partial charge < -0.3 is 15.1 Å². The van der Waals surface area contributed by atoms with E-state index in [1.807, 2.05) is 0 Å². The summed E-state index contributed by atoms with van der Waals surface area (Å²) in [4.78, 5) is 15.5. The summed E-state index contributed by atoms with van der Waals surface area (Å²) in [6.45, 7) is 3.65. The van der Waals surface area contributed by atoms with Crippen LogP contribution < -0.4 is 15.1 Å². The molecular formula is C16H23FN3O3S+. The highest BCUT2D eigenvalue weighted by atomic mass is 32.2. The van der Waals surface area contributed by atoms with Crippen molar-refractivity contribution in [2.45, 2.75) is 12.5 Å². The molecule has 1 amide bonds. The van der Waals surface area contributed by atoms with Gasteiger partial charge in [-0.15, -0.1) is 0 Å². The van der Waals surface area contributed by atoms with Crippen molar-refractivity contribution in [3.8, 4) is 0 Å². The topological polar surface area (TPSA) is 70.9 Å². The maximum Gasteiger partial charge on any atom is 0.275 e. The highest BCUT2D eigenvalue weighted by Crippen LogP contribution is 2.14. The molecule has 1 aromatic carbocycles. The maximum atomic E-state index is 13.0. The molecular weight excluding hydrogens is 333 g/mol. The molecule has 3 rings (SSSR count). The first kappa shape index (κ1) is 17.2. The lowest BCUT2D eigenvalue weighted by molar-refractivity contribution is -0.892. The number of sulfone groups is 1. The lowest BCUT2D eigenvalue weighted by atomic mass is 10.2. The largest absolute Gasteiger partial charge is 0.360 e. The molecule has 2 heterocycles. The number of hydrogen-bond acceptors (Lipinski definition) is 4. The predicted molar refractivity (Wildman–Crippen MR) is 89.4 cm³/mol. The summed E-state index contributed by atoms with van der Waals surface area (Å²) in [5.41, 5.74) is 0.996. The SMILES string of the molecule is O=C(C[NH+]1CCN(c2ccc(F)cc2)CC1)N[C@@H]1CCS(=O)(=O)C1. The standard InChI is InChI=1S/C16H22FN3O3S/c17-13-1-3-15(4-2-13)20-8-6-19(7-9-20)11-16(21)18-14-5-10-24(22,23)12-14/h1-4,14H,5-12H2,(H,18,21)/p+1/t14-/m1/s1. The number of nitrogens with one attached hydrogen (secondary N) is 2. The summed E-state index contributed by atoms with van der Waals surface area (Å²) >= 11 is 0. The normalized spacial score (nSPS) is 24.0. The zero-order valence-corrected chi connectivity index (χ0v) is 14.3. The second-order valence-corrected chi connectivity index (χ2v) is 8.79. The first-order valence-corrected chi connectivity index (χ1v) is 10.1. The number of carbonyl (C=O) groups is 1. The van der Waals surface area contributed by atoms with Gasteiger partial charge in [0.2, 0.25) is 0 Å². The number of anilines is 1. The Balaban J connectivity index is 1.43. The number of nitrogens with zero attached hydrogens (tertiary/aromatic N) is 1. The van der Waals surface area contributed by atoms with Crippen LogP contribution in [0.25, 0.3) is 0 Å². The molecule has 0 radical (unpaired) electrons. The number of rotatable bonds is 4. The van der Waals surface area contributed by atoms with Gasteiger partial charge in [-0.2, -0.15) is 0 Å². The maximum absolute atomic E-state index is 13.0. The van der Waals surface area contributed by atoms with Crippen molar-refractivity contribution in [2.75, 3.05) is 49.1 Å². The van der Waals surface area contributed by atoms with Gasteiger partial charge in [-0.05, 0) is 30.7 Å². The fourth-order valence-corrected chi connectivity index (χ4v) is 5.00. The molecule has 132 valence electrons. The van der Waals surface area contributed by atoms with Gasteiger partial charge in [0, 0.05) is 11.7 Å². The van der Waals surface area contributed by atoms with Crippen molar-refractivity contribution in [3.63, 3.8) is 0 Å². The van der Waals surface area contributed by atoms with Crippen molar-refractivity contribution in [1.29, 1.82) is 0 Å². The number of quaternary nitrogens is 1. The van der Waals surface area contributed by atoms with Crippen LogP contribution in [0, 0.1) is 5.82 Å². The van der Waals surface area contributed by atoms with Crippen molar-refractivity contribution in [3.05, 3.63) is 30.1 Å². The Labute approximate surface area is 141 Å². The first-order chi connectivity index (χ1) is 11.4. The molecule has 6 nitrogen and oxygen atoms in total. The van der Waals surface area contributed by atoms with Crippen LogP contribution in [-0.2, 0) is 14.6 Å². The average Bonchev–Trinajstić information content (AvgIpc) is 2.87. The summed E-state index contributed by atoms with van der Waals surface area (Å²) in [5, 5.41) is 2.84. The van der Waals surface area contributed by atoms with E-state index in [1.54, 1.807) is 12.1 Å². The fourth-order valence-electron chi connectivity index (χ4n) is 3.32. The average molecular weight is 356 g/mol. The zero-order valence-electron chi connectivity index (χ0n) is 13.5. The van der Waals surface area contributed by atoms with E-state index in [9.17, 15) is 17.6 Å². The third kappa shape index (κ3) is 4.45. The summed E-state index contributed by atoms with van der Waals surface area (Å²) in [6.07, 6.45) is 0.516. The molecule has 0 aliphatic carbocycles. The second-order valence-electron chi connectivity index (χ2n) is 6.56. The number of amides is 1. The predicted octanol–water partition coefficient (Wildman–Crippen LogP) is -1.17. The summed E-state index contributed by atoms with van der Waals surface area (Å²) in [5.74, 6) is -0.0935. The minimum absolute atomic E-state index is 0.0619. The van der Waals surface area contributed by atoms with Gasteiger partial charge in [0.1, 0.15) is 5.82 Å². The Hall–Kier alpha value is -1.67. The van der Waals surface area contributed by atoms with E-state index in [0.717, 1.165) is 31.9 Å².